The summed E-state index contributed by atoms with van der Waals surface area (Å²) in [5.41, 5.74) is 2.93. The van der Waals surface area contributed by atoms with E-state index < -0.39 is 11.7 Å². The Hall–Kier alpha value is -3.91. The fraction of sp³-hybridized carbons (Fsp3) is 0.120. The van der Waals surface area contributed by atoms with Crippen LogP contribution in [0.3, 0.4) is 0 Å². The van der Waals surface area contributed by atoms with Crippen molar-refractivity contribution in [2.24, 2.45) is 0 Å². The molecule has 0 aliphatic carbocycles. The van der Waals surface area contributed by atoms with E-state index in [1.165, 1.54) is 29.8 Å². The first-order chi connectivity index (χ1) is 14.6. The van der Waals surface area contributed by atoms with E-state index in [2.05, 4.69) is 29.3 Å². The normalized spacial score (nSPS) is 10.9. The summed E-state index contributed by atoms with van der Waals surface area (Å²) >= 11 is 0. The van der Waals surface area contributed by atoms with Crippen LogP contribution < -0.4 is 10.2 Å². The zero-order chi connectivity index (χ0) is 21.3. The molecule has 0 spiro atoms. The largest absolute Gasteiger partial charge is 0.367 e. The maximum absolute atomic E-state index is 13.7. The minimum absolute atomic E-state index is 0.0403. The van der Waals surface area contributed by atoms with Crippen molar-refractivity contribution in [3.63, 3.8) is 0 Å². The molecule has 3 rings (SSSR count). The van der Waals surface area contributed by atoms with Crippen LogP contribution in [0.1, 0.15) is 18.1 Å². The first-order valence-electron chi connectivity index (χ1n) is 9.67. The number of carbonyl (C=O) groups excluding carboxylic acids is 1. The third-order valence-corrected chi connectivity index (χ3v) is 4.65. The topological polar surface area (TPSA) is 56.1 Å². The molecule has 1 amide bonds. The Morgan fingerprint density at radius 1 is 1.03 bits per heavy atom. The highest BCUT2D eigenvalue weighted by Gasteiger charge is 2.12. The van der Waals surface area contributed by atoms with Gasteiger partial charge in [0.05, 0.1) is 5.69 Å². The Morgan fingerprint density at radius 3 is 2.33 bits per heavy atom. The van der Waals surface area contributed by atoms with Crippen molar-refractivity contribution < 1.29 is 9.18 Å². The first-order valence-corrected chi connectivity index (χ1v) is 9.67. The number of nitrogens with one attached hydrogen (secondary N) is 1. The molecule has 0 unspecified atom stereocenters. The van der Waals surface area contributed by atoms with E-state index >= 15 is 0 Å². The molecule has 150 valence electrons. The van der Waals surface area contributed by atoms with Crippen molar-refractivity contribution >= 4 is 23.4 Å². The summed E-state index contributed by atoms with van der Waals surface area (Å²) in [5.74, 6) is -1.20. The lowest BCUT2D eigenvalue weighted by Crippen LogP contribution is -2.21. The number of hydrogen-bond acceptors (Lipinski definition) is 3. The number of halogens is 1. The van der Waals surface area contributed by atoms with Gasteiger partial charge in [-0.15, -0.1) is 0 Å². The maximum Gasteiger partial charge on any atom is 0.266 e. The average molecular weight is 399 g/mol. The number of amides is 1. The molecule has 0 radical (unpaired) electrons. The van der Waals surface area contributed by atoms with Crippen molar-refractivity contribution in [2.75, 3.05) is 16.8 Å². The summed E-state index contributed by atoms with van der Waals surface area (Å²) in [7, 11) is 0. The van der Waals surface area contributed by atoms with Crippen molar-refractivity contribution in [1.29, 1.82) is 5.26 Å². The van der Waals surface area contributed by atoms with Gasteiger partial charge in [0, 0.05) is 18.8 Å². The number of hydrogen-bond donors (Lipinski definition) is 1. The lowest BCUT2D eigenvalue weighted by Gasteiger charge is -2.23. The highest BCUT2D eigenvalue weighted by molar-refractivity contribution is 6.09. The van der Waals surface area contributed by atoms with Gasteiger partial charge in [-0.3, -0.25) is 4.79 Å². The molecule has 0 bridgehead atoms. The van der Waals surface area contributed by atoms with E-state index in [4.69, 9.17) is 0 Å². The maximum atomic E-state index is 13.7. The molecular formula is C25H22FN3O. The standard InChI is InChI=1S/C25H22FN3O/c1-2-29(18-20-8-4-3-5-9-20)22-14-12-19(13-15-22)16-21(17-27)25(30)28-24-11-7-6-10-23(24)26/h3-16H,2,18H2,1H3,(H,28,30)/b21-16+. The highest BCUT2D eigenvalue weighted by Crippen LogP contribution is 2.20. The van der Waals surface area contributed by atoms with E-state index in [0.717, 1.165) is 24.3 Å². The van der Waals surface area contributed by atoms with Crippen LogP contribution in [-0.2, 0) is 11.3 Å². The lowest BCUT2D eigenvalue weighted by atomic mass is 10.1. The number of nitriles is 1. The van der Waals surface area contributed by atoms with E-state index in [1.54, 1.807) is 6.07 Å². The molecule has 0 atom stereocenters. The van der Waals surface area contributed by atoms with Crippen molar-refractivity contribution in [3.8, 4) is 6.07 Å². The summed E-state index contributed by atoms with van der Waals surface area (Å²) in [4.78, 5) is 14.6. The lowest BCUT2D eigenvalue weighted by molar-refractivity contribution is -0.112. The van der Waals surface area contributed by atoms with E-state index in [-0.39, 0.29) is 11.3 Å². The number of rotatable bonds is 7. The molecule has 0 aliphatic rings. The Bertz CT molecular complexity index is 1070. The predicted octanol–water partition coefficient (Wildman–Crippen LogP) is 5.40. The quantitative estimate of drug-likeness (QED) is 0.428. The van der Waals surface area contributed by atoms with Gasteiger partial charge >= 0.3 is 0 Å². The zero-order valence-corrected chi connectivity index (χ0v) is 16.7. The van der Waals surface area contributed by atoms with Crippen LogP contribution in [0, 0.1) is 17.1 Å². The van der Waals surface area contributed by atoms with Crippen LogP contribution in [0.15, 0.2) is 84.4 Å². The summed E-state index contributed by atoms with van der Waals surface area (Å²) in [5, 5.41) is 11.8. The SMILES string of the molecule is CCN(Cc1ccccc1)c1ccc(/C=C(\C#N)C(=O)Nc2ccccc2F)cc1. The van der Waals surface area contributed by atoms with Gasteiger partial charge < -0.3 is 10.2 Å². The molecule has 3 aromatic carbocycles. The molecule has 0 heterocycles. The zero-order valence-electron chi connectivity index (χ0n) is 16.7. The Labute approximate surface area is 175 Å². The van der Waals surface area contributed by atoms with Gasteiger partial charge in [0.2, 0.25) is 0 Å². The van der Waals surface area contributed by atoms with Gasteiger partial charge in [0.15, 0.2) is 0 Å². The minimum atomic E-state index is -0.647. The molecular weight excluding hydrogens is 377 g/mol. The number of para-hydroxylation sites is 1. The first kappa shape index (κ1) is 20.8. The van der Waals surface area contributed by atoms with Crippen LogP contribution in [0.5, 0.6) is 0 Å². The van der Waals surface area contributed by atoms with Crippen LogP contribution in [0.25, 0.3) is 6.08 Å². The van der Waals surface area contributed by atoms with Crippen LogP contribution in [-0.4, -0.2) is 12.5 Å². The number of carbonyl (C=O) groups is 1. The molecule has 1 N–H and O–H groups in total. The second-order valence-corrected chi connectivity index (χ2v) is 6.70. The number of benzene rings is 3. The molecule has 0 fully saturated rings. The monoisotopic (exact) mass is 399 g/mol. The smallest absolute Gasteiger partial charge is 0.266 e. The fourth-order valence-corrected chi connectivity index (χ4v) is 3.04. The van der Waals surface area contributed by atoms with Crippen LogP contribution >= 0.6 is 0 Å². The predicted molar refractivity (Wildman–Crippen MR) is 118 cm³/mol. The van der Waals surface area contributed by atoms with Crippen molar-refractivity contribution in [2.45, 2.75) is 13.5 Å². The molecule has 30 heavy (non-hydrogen) atoms. The van der Waals surface area contributed by atoms with E-state index in [9.17, 15) is 14.4 Å². The average Bonchev–Trinajstić information content (AvgIpc) is 2.78. The summed E-state index contributed by atoms with van der Waals surface area (Å²) in [6, 6.07) is 25.6. The number of anilines is 2. The molecule has 5 heteroatoms. The fourth-order valence-electron chi connectivity index (χ4n) is 3.04. The van der Waals surface area contributed by atoms with Gasteiger partial charge in [0.1, 0.15) is 17.5 Å². The Balaban J connectivity index is 1.73. The summed E-state index contributed by atoms with van der Waals surface area (Å²) in [6.07, 6.45) is 1.49. The summed E-state index contributed by atoms with van der Waals surface area (Å²) in [6.45, 7) is 3.73. The van der Waals surface area contributed by atoms with Crippen molar-refractivity contribution in [1.82, 2.24) is 0 Å². The van der Waals surface area contributed by atoms with Gasteiger partial charge in [-0.1, -0.05) is 54.6 Å². The highest BCUT2D eigenvalue weighted by atomic mass is 19.1. The van der Waals surface area contributed by atoms with Crippen LogP contribution in [0.2, 0.25) is 0 Å². The van der Waals surface area contributed by atoms with Crippen LogP contribution in [0.4, 0.5) is 15.8 Å². The summed E-state index contributed by atoms with van der Waals surface area (Å²) < 4.78 is 13.7. The second kappa shape index (κ2) is 10.0. The second-order valence-electron chi connectivity index (χ2n) is 6.70. The third-order valence-electron chi connectivity index (χ3n) is 4.65. The Kier molecular flexibility index (Phi) is 6.96. The molecule has 0 saturated heterocycles. The third kappa shape index (κ3) is 5.33. The molecule has 3 aromatic rings. The van der Waals surface area contributed by atoms with Gasteiger partial charge in [-0.25, -0.2) is 4.39 Å². The molecule has 0 aliphatic heterocycles. The van der Waals surface area contributed by atoms with Crippen molar-refractivity contribution in [3.05, 3.63) is 101 Å². The van der Waals surface area contributed by atoms with Gasteiger partial charge in [-0.2, -0.15) is 5.26 Å². The minimum Gasteiger partial charge on any atom is -0.367 e. The Morgan fingerprint density at radius 2 is 1.70 bits per heavy atom. The number of nitrogens with zero attached hydrogens (tertiary/aromatic N) is 2. The van der Waals surface area contributed by atoms with E-state index in [0.29, 0.717) is 0 Å². The van der Waals surface area contributed by atoms with Gasteiger partial charge in [0.25, 0.3) is 5.91 Å². The molecule has 0 saturated carbocycles. The molecule has 4 nitrogen and oxygen atoms in total. The van der Waals surface area contributed by atoms with E-state index in [1.807, 2.05) is 48.5 Å². The molecule has 0 aromatic heterocycles. The van der Waals surface area contributed by atoms with Gasteiger partial charge in [-0.05, 0) is 48.4 Å².